The Kier molecular flexibility index (Phi) is 4.02. The number of aliphatic carboxylic acids is 1. The molecule has 0 aliphatic rings. The number of hydrogen-bond donors (Lipinski definition) is 1. The fourth-order valence-electron chi connectivity index (χ4n) is 2.06. The van der Waals surface area contributed by atoms with Crippen LogP contribution in [0, 0.1) is 0 Å². The van der Waals surface area contributed by atoms with Crippen LogP contribution >= 0.6 is 0 Å². The molecular weight excluding hydrogens is 285 g/mol. The molecule has 1 heterocycles. The van der Waals surface area contributed by atoms with E-state index < -0.39 is 17.7 Å². The minimum absolute atomic E-state index is 0.0623. The highest BCUT2D eigenvalue weighted by Crippen LogP contribution is 2.31. The molecule has 2 aromatic rings. The van der Waals surface area contributed by atoms with Crippen molar-refractivity contribution in [2.45, 2.75) is 19.0 Å². The van der Waals surface area contributed by atoms with Gasteiger partial charge in [-0.15, -0.1) is 0 Å². The van der Waals surface area contributed by atoms with Gasteiger partial charge in [-0.25, -0.2) is 0 Å². The quantitative estimate of drug-likeness (QED) is 0.943. The fraction of sp³-hybridized carbons (Fsp3) is 0.286. The molecule has 0 aliphatic heterocycles. The highest BCUT2D eigenvalue weighted by atomic mass is 19.4. The summed E-state index contributed by atoms with van der Waals surface area (Å²) in [7, 11) is 1.67. The van der Waals surface area contributed by atoms with Gasteiger partial charge in [0.1, 0.15) is 0 Å². The molecule has 112 valence electrons. The van der Waals surface area contributed by atoms with E-state index in [1.165, 1.54) is 23.0 Å². The molecule has 0 fully saturated rings. The number of rotatable bonds is 4. The molecule has 0 saturated carbocycles. The highest BCUT2D eigenvalue weighted by molar-refractivity contribution is 5.69. The van der Waals surface area contributed by atoms with Gasteiger partial charge in [-0.2, -0.15) is 18.3 Å². The van der Waals surface area contributed by atoms with Crippen LogP contribution in [0.3, 0.4) is 0 Å². The Labute approximate surface area is 118 Å². The van der Waals surface area contributed by atoms with E-state index in [4.69, 9.17) is 5.11 Å². The average molecular weight is 298 g/mol. The first-order valence-electron chi connectivity index (χ1n) is 6.19. The lowest BCUT2D eigenvalue weighted by molar-refractivity contribution is -0.138. The molecule has 1 aromatic heterocycles. The van der Waals surface area contributed by atoms with Crippen LogP contribution in [0.4, 0.5) is 13.2 Å². The van der Waals surface area contributed by atoms with Crippen molar-refractivity contribution in [3.63, 3.8) is 0 Å². The molecule has 21 heavy (non-hydrogen) atoms. The SMILES string of the molecule is Cn1ncc(-c2ccc(C(F)(F)F)cc2)c1CCC(=O)O. The third kappa shape index (κ3) is 3.42. The summed E-state index contributed by atoms with van der Waals surface area (Å²) in [5.41, 5.74) is 1.18. The summed E-state index contributed by atoms with van der Waals surface area (Å²) in [6.45, 7) is 0. The summed E-state index contributed by atoms with van der Waals surface area (Å²) in [6, 6.07) is 4.74. The molecule has 0 saturated heterocycles. The first kappa shape index (κ1) is 15.1. The predicted molar refractivity (Wildman–Crippen MR) is 69.6 cm³/mol. The molecule has 0 amide bonds. The van der Waals surface area contributed by atoms with Crippen molar-refractivity contribution in [2.75, 3.05) is 0 Å². The van der Waals surface area contributed by atoms with E-state index in [0.717, 1.165) is 12.1 Å². The number of carbonyl (C=O) groups is 1. The molecule has 0 radical (unpaired) electrons. The molecule has 0 aliphatic carbocycles. The minimum atomic E-state index is -4.38. The van der Waals surface area contributed by atoms with Gasteiger partial charge in [-0.3, -0.25) is 9.48 Å². The molecule has 0 atom stereocenters. The number of aryl methyl sites for hydroxylation is 1. The van der Waals surface area contributed by atoms with Crippen LogP contribution in [0.15, 0.2) is 30.5 Å². The van der Waals surface area contributed by atoms with E-state index in [2.05, 4.69) is 5.10 Å². The van der Waals surface area contributed by atoms with Crippen molar-refractivity contribution in [3.05, 3.63) is 41.7 Å². The standard InChI is InChI=1S/C14H13F3N2O2/c1-19-12(6-7-13(20)21)11(8-18-19)9-2-4-10(5-3-9)14(15,16)17/h2-5,8H,6-7H2,1H3,(H,20,21). The van der Waals surface area contributed by atoms with Crippen molar-refractivity contribution in [2.24, 2.45) is 7.05 Å². The molecular formula is C14H13F3N2O2. The van der Waals surface area contributed by atoms with Crippen LogP contribution < -0.4 is 0 Å². The monoisotopic (exact) mass is 298 g/mol. The van der Waals surface area contributed by atoms with Crippen LogP contribution in [0.5, 0.6) is 0 Å². The number of aromatic nitrogens is 2. The molecule has 1 N–H and O–H groups in total. The maximum absolute atomic E-state index is 12.5. The number of carboxylic acid groups (broad SMARTS) is 1. The van der Waals surface area contributed by atoms with Crippen LogP contribution in [-0.2, 0) is 24.4 Å². The van der Waals surface area contributed by atoms with Crippen molar-refractivity contribution in [1.29, 1.82) is 0 Å². The van der Waals surface area contributed by atoms with Crippen molar-refractivity contribution in [3.8, 4) is 11.1 Å². The molecule has 1 aromatic carbocycles. The summed E-state index contributed by atoms with van der Waals surface area (Å²) in [6.07, 6.45) is -2.64. The Morgan fingerprint density at radius 2 is 1.90 bits per heavy atom. The Morgan fingerprint density at radius 3 is 2.43 bits per heavy atom. The van der Waals surface area contributed by atoms with E-state index in [9.17, 15) is 18.0 Å². The zero-order chi connectivity index (χ0) is 15.6. The van der Waals surface area contributed by atoms with Gasteiger partial charge >= 0.3 is 12.1 Å². The smallest absolute Gasteiger partial charge is 0.416 e. The topological polar surface area (TPSA) is 55.1 Å². The van der Waals surface area contributed by atoms with E-state index in [0.29, 0.717) is 16.8 Å². The van der Waals surface area contributed by atoms with E-state index in [1.54, 1.807) is 7.05 Å². The first-order valence-corrected chi connectivity index (χ1v) is 6.19. The number of halogens is 3. The summed E-state index contributed by atoms with van der Waals surface area (Å²) in [5, 5.41) is 12.8. The number of alkyl halides is 3. The Bertz CT molecular complexity index is 645. The first-order chi connectivity index (χ1) is 9.79. The van der Waals surface area contributed by atoms with Crippen molar-refractivity contribution >= 4 is 5.97 Å². The number of nitrogens with zero attached hydrogens (tertiary/aromatic N) is 2. The van der Waals surface area contributed by atoms with Crippen LogP contribution in [0.1, 0.15) is 17.7 Å². The average Bonchev–Trinajstić information content (AvgIpc) is 2.77. The normalized spacial score (nSPS) is 11.6. The summed E-state index contributed by atoms with van der Waals surface area (Å²) in [4.78, 5) is 10.7. The van der Waals surface area contributed by atoms with Crippen molar-refractivity contribution in [1.82, 2.24) is 9.78 Å². The molecule has 0 unspecified atom stereocenters. The number of hydrogen-bond acceptors (Lipinski definition) is 2. The van der Waals surface area contributed by atoms with Crippen LogP contribution in [0.2, 0.25) is 0 Å². The maximum Gasteiger partial charge on any atom is 0.416 e. The minimum Gasteiger partial charge on any atom is -0.481 e. The Morgan fingerprint density at radius 1 is 1.29 bits per heavy atom. The number of carboxylic acids is 1. The van der Waals surface area contributed by atoms with Gasteiger partial charge in [0.05, 0.1) is 18.2 Å². The maximum atomic E-state index is 12.5. The molecule has 0 spiro atoms. The van der Waals surface area contributed by atoms with E-state index >= 15 is 0 Å². The zero-order valence-electron chi connectivity index (χ0n) is 11.2. The number of benzene rings is 1. The lowest BCUT2D eigenvalue weighted by atomic mass is 10.0. The van der Waals surface area contributed by atoms with Gasteiger partial charge in [0, 0.05) is 24.7 Å². The third-order valence-corrected chi connectivity index (χ3v) is 3.16. The van der Waals surface area contributed by atoms with Gasteiger partial charge in [0.25, 0.3) is 0 Å². The lowest BCUT2D eigenvalue weighted by Crippen LogP contribution is -2.05. The van der Waals surface area contributed by atoms with Gasteiger partial charge in [0.2, 0.25) is 0 Å². The Hall–Kier alpha value is -2.31. The van der Waals surface area contributed by atoms with Crippen LogP contribution in [0.25, 0.3) is 11.1 Å². The van der Waals surface area contributed by atoms with Gasteiger partial charge < -0.3 is 5.11 Å². The second-order valence-corrected chi connectivity index (χ2v) is 4.60. The summed E-state index contributed by atoms with van der Waals surface area (Å²) >= 11 is 0. The Balaban J connectivity index is 2.32. The lowest BCUT2D eigenvalue weighted by Gasteiger charge is -2.08. The van der Waals surface area contributed by atoms with E-state index in [-0.39, 0.29) is 12.8 Å². The second-order valence-electron chi connectivity index (χ2n) is 4.60. The predicted octanol–water partition coefficient (Wildman–Crippen LogP) is 3.12. The van der Waals surface area contributed by atoms with Crippen molar-refractivity contribution < 1.29 is 23.1 Å². The molecule has 4 nitrogen and oxygen atoms in total. The highest BCUT2D eigenvalue weighted by Gasteiger charge is 2.30. The summed E-state index contributed by atoms with van der Waals surface area (Å²) in [5.74, 6) is -0.936. The molecule has 2 rings (SSSR count). The molecule has 7 heteroatoms. The second kappa shape index (κ2) is 5.59. The van der Waals surface area contributed by atoms with E-state index in [1.807, 2.05) is 0 Å². The zero-order valence-corrected chi connectivity index (χ0v) is 11.2. The van der Waals surface area contributed by atoms with Gasteiger partial charge in [0.15, 0.2) is 0 Å². The van der Waals surface area contributed by atoms with Crippen LogP contribution in [-0.4, -0.2) is 20.9 Å². The van der Waals surface area contributed by atoms with Gasteiger partial charge in [-0.05, 0) is 17.7 Å². The molecule has 0 bridgehead atoms. The van der Waals surface area contributed by atoms with Gasteiger partial charge in [-0.1, -0.05) is 12.1 Å². The fourth-order valence-corrected chi connectivity index (χ4v) is 2.06. The summed E-state index contributed by atoms with van der Waals surface area (Å²) < 4.78 is 39.1. The largest absolute Gasteiger partial charge is 0.481 e. The third-order valence-electron chi connectivity index (χ3n) is 3.16.